The highest BCUT2D eigenvalue weighted by Gasteiger charge is 2.28. The molecule has 1 heterocycles. The molecule has 102 valence electrons. The van der Waals surface area contributed by atoms with E-state index < -0.39 is 10.0 Å². The van der Waals surface area contributed by atoms with Crippen LogP contribution < -0.4 is 0 Å². The first kappa shape index (κ1) is 14.9. The fourth-order valence-corrected chi connectivity index (χ4v) is 3.82. The molecule has 0 aromatic rings. The molecule has 1 aliphatic rings. The summed E-state index contributed by atoms with van der Waals surface area (Å²) in [6, 6.07) is 0. The summed E-state index contributed by atoms with van der Waals surface area (Å²) in [6.45, 7) is 5.90. The molecule has 0 N–H and O–H groups in total. The lowest BCUT2D eigenvalue weighted by Gasteiger charge is -2.31. The third-order valence-electron chi connectivity index (χ3n) is 3.14. The van der Waals surface area contributed by atoms with Gasteiger partial charge in [-0.1, -0.05) is 19.8 Å². The lowest BCUT2D eigenvalue weighted by molar-refractivity contribution is 0.0265. The van der Waals surface area contributed by atoms with Gasteiger partial charge in [0.05, 0.1) is 11.9 Å². The van der Waals surface area contributed by atoms with Gasteiger partial charge in [-0.05, 0) is 26.2 Å². The molecule has 1 fully saturated rings. The van der Waals surface area contributed by atoms with Crippen LogP contribution in [-0.2, 0) is 14.8 Å². The zero-order valence-corrected chi connectivity index (χ0v) is 11.8. The topological polar surface area (TPSA) is 46.6 Å². The Bertz CT molecular complexity index is 301. The number of rotatable bonds is 7. The molecule has 5 heteroatoms. The van der Waals surface area contributed by atoms with Gasteiger partial charge in [-0.2, -0.15) is 4.31 Å². The third-order valence-corrected chi connectivity index (χ3v) is 5.07. The van der Waals surface area contributed by atoms with Crippen molar-refractivity contribution in [3.8, 4) is 0 Å². The standard InChI is InChI=1S/C12H25NO3S/c1-3-5-6-10-17(14,15)13-9-7-8-12(11-13)16-4-2/h12H,3-11H2,1-2H3/t12-/m0/s1. The van der Waals surface area contributed by atoms with E-state index in [9.17, 15) is 8.42 Å². The monoisotopic (exact) mass is 263 g/mol. The van der Waals surface area contributed by atoms with E-state index in [1.165, 1.54) is 0 Å². The molecule has 1 saturated heterocycles. The smallest absolute Gasteiger partial charge is 0.214 e. The summed E-state index contributed by atoms with van der Waals surface area (Å²) in [5.74, 6) is 0.291. The molecular formula is C12H25NO3S. The van der Waals surface area contributed by atoms with Crippen LogP contribution in [0.1, 0.15) is 46.0 Å². The molecule has 0 spiro atoms. The Hall–Kier alpha value is -0.130. The first-order valence-electron chi connectivity index (χ1n) is 6.69. The summed E-state index contributed by atoms with van der Waals surface area (Å²) in [5, 5.41) is 0. The van der Waals surface area contributed by atoms with Crippen LogP contribution in [0.5, 0.6) is 0 Å². The van der Waals surface area contributed by atoms with E-state index in [4.69, 9.17) is 4.74 Å². The second kappa shape index (κ2) is 7.34. The van der Waals surface area contributed by atoms with Gasteiger partial charge in [-0.25, -0.2) is 8.42 Å². The summed E-state index contributed by atoms with van der Waals surface area (Å²) >= 11 is 0. The van der Waals surface area contributed by atoms with Crippen molar-refractivity contribution in [3.63, 3.8) is 0 Å². The summed E-state index contributed by atoms with van der Waals surface area (Å²) < 4.78 is 31.3. The number of unbranched alkanes of at least 4 members (excludes halogenated alkanes) is 2. The maximum absolute atomic E-state index is 12.1. The minimum Gasteiger partial charge on any atom is -0.377 e. The van der Waals surface area contributed by atoms with Crippen molar-refractivity contribution < 1.29 is 13.2 Å². The second-order valence-electron chi connectivity index (χ2n) is 4.60. The van der Waals surface area contributed by atoms with Crippen molar-refractivity contribution in [2.45, 2.75) is 52.1 Å². The van der Waals surface area contributed by atoms with Gasteiger partial charge in [0.1, 0.15) is 0 Å². The summed E-state index contributed by atoms with van der Waals surface area (Å²) in [5.41, 5.74) is 0. The predicted molar refractivity (Wildman–Crippen MR) is 69.5 cm³/mol. The summed E-state index contributed by atoms with van der Waals surface area (Å²) in [4.78, 5) is 0. The van der Waals surface area contributed by atoms with Crippen LogP contribution in [0.4, 0.5) is 0 Å². The van der Waals surface area contributed by atoms with Crippen molar-refractivity contribution in [3.05, 3.63) is 0 Å². The molecule has 0 aliphatic carbocycles. The minimum absolute atomic E-state index is 0.0923. The Labute approximate surface area is 105 Å². The normalized spacial score (nSPS) is 22.8. The molecule has 1 atom stereocenters. The number of sulfonamides is 1. The van der Waals surface area contributed by atoms with Crippen LogP contribution in [0.2, 0.25) is 0 Å². The number of hydrogen-bond acceptors (Lipinski definition) is 3. The van der Waals surface area contributed by atoms with Crippen molar-refractivity contribution in [2.24, 2.45) is 0 Å². The van der Waals surface area contributed by atoms with Gasteiger partial charge in [0.25, 0.3) is 0 Å². The highest BCUT2D eigenvalue weighted by molar-refractivity contribution is 7.89. The second-order valence-corrected chi connectivity index (χ2v) is 6.69. The Morgan fingerprint density at radius 3 is 2.71 bits per heavy atom. The summed E-state index contributed by atoms with van der Waals surface area (Å²) in [6.07, 6.45) is 4.80. The summed E-state index contributed by atoms with van der Waals surface area (Å²) in [7, 11) is -3.05. The number of nitrogens with zero attached hydrogens (tertiary/aromatic N) is 1. The van der Waals surface area contributed by atoms with Gasteiger partial charge >= 0.3 is 0 Å². The fourth-order valence-electron chi connectivity index (χ4n) is 2.19. The van der Waals surface area contributed by atoms with E-state index in [1.807, 2.05) is 6.92 Å². The molecule has 4 nitrogen and oxygen atoms in total. The van der Waals surface area contributed by atoms with Crippen LogP contribution in [0, 0.1) is 0 Å². The molecule has 0 aromatic heterocycles. The lowest BCUT2D eigenvalue weighted by atomic mass is 10.1. The SMILES string of the molecule is CCCCCS(=O)(=O)N1CCC[C@H](OCC)C1. The highest BCUT2D eigenvalue weighted by Crippen LogP contribution is 2.17. The number of piperidine rings is 1. The molecular weight excluding hydrogens is 238 g/mol. The van der Waals surface area contributed by atoms with Gasteiger partial charge in [0, 0.05) is 19.7 Å². The fraction of sp³-hybridized carbons (Fsp3) is 1.00. The highest BCUT2D eigenvalue weighted by atomic mass is 32.2. The Morgan fingerprint density at radius 1 is 1.29 bits per heavy atom. The van der Waals surface area contributed by atoms with Crippen LogP contribution in [0.15, 0.2) is 0 Å². The maximum Gasteiger partial charge on any atom is 0.214 e. The molecule has 0 radical (unpaired) electrons. The van der Waals surface area contributed by atoms with Crippen LogP contribution in [-0.4, -0.2) is 44.3 Å². The van der Waals surface area contributed by atoms with Gasteiger partial charge in [-0.3, -0.25) is 0 Å². The van der Waals surface area contributed by atoms with Crippen LogP contribution in [0.3, 0.4) is 0 Å². The zero-order chi connectivity index (χ0) is 12.7. The van der Waals surface area contributed by atoms with Crippen molar-refractivity contribution in [1.82, 2.24) is 4.31 Å². The predicted octanol–water partition coefficient (Wildman–Crippen LogP) is 2.01. The molecule has 0 bridgehead atoms. The van der Waals surface area contributed by atoms with Crippen molar-refractivity contribution in [2.75, 3.05) is 25.4 Å². The first-order valence-corrected chi connectivity index (χ1v) is 8.30. The van der Waals surface area contributed by atoms with E-state index in [0.717, 1.165) is 32.1 Å². The van der Waals surface area contributed by atoms with Crippen molar-refractivity contribution in [1.29, 1.82) is 0 Å². The quantitative estimate of drug-likeness (QED) is 0.660. The molecule has 0 saturated carbocycles. The van der Waals surface area contributed by atoms with Gasteiger partial charge in [-0.15, -0.1) is 0 Å². The zero-order valence-electron chi connectivity index (χ0n) is 11.0. The van der Waals surface area contributed by atoms with Crippen molar-refractivity contribution >= 4 is 10.0 Å². The van der Waals surface area contributed by atoms with Gasteiger partial charge in [0.15, 0.2) is 0 Å². The Kier molecular flexibility index (Phi) is 6.44. The van der Waals surface area contributed by atoms with Gasteiger partial charge < -0.3 is 4.74 Å². The average molecular weight is 263 g/mol. The minimum atomic E-state index is -3.05. The van der Waals surface area contributed by atoms with Crippen LogP contribution >= 0.6 is 0 Å². The van der Waals surface area contributed by atoms with Crippen LogP contribution in [0.25, 0.3) is 0 Å². The number of hydrogen-bond donors (Lipinski definition) is 0. The van der Waals surface area contributed by atoms with E-state index >= 15 is 0 Å². The van der Waals surface area contributed by atoms with E-state index in [0.29, 0.717) is 25.4 Å². The number of ether oxygens (including phenoxy) is 1. The molecule has 0 amide bonds. The van der Waals surface area contributed by atoms with E-state index in [1.54, 1.807) is 4.31 Å². The molecule has 1 rings (SSSR count). The molecule has 0 unspecified atom stereocenters. The maximum atomic E-state index is 12.1. The molecule has 17 heavy (non-hydrogen) atoms. The average Bonchev–Trinajstić information content (AvgIpc) is 2.30. The third kappa shape index (κ3) is 4.94. The molecule has 0 aromatic carbocycles. The van der Waals surface area contributed by atoms with E-state index in [-0.39, 0.29) is 6.10 Å². The Balaban J connectivity index is 2.46. The van der Waals surface area contributed by atoms with E-state index in [2.05, 4.69) is 6.92 Å². The first-order chi connectivity index (χ1) is 8.10. The van der Waals surface area contributed by atoms with Gasteiger partial charge in [0.2, 0.25) is 10.0 Å². The molecule has 1 aliphatic heterocycles. The lowest BCUT2D eigenvalue weighted by Crippen LogP contribution is -2.44. The largest absolute Gasteiger partial charge is 0.377 e. The Morgan fingerprint density at radius 2 is 2.06 bits per heavy atom.